The second kappa shape index (κ2) is 9.87. The maximum absolute atomic E-state index is 13.4. The first-order chi connectivity index (χ1) is 17.7. The Bertz CT molecular complexity index is 1360. The molecule has 2 aromatic heterocycles. The highest BCUT2D eigenvalue weighted by atomic mass is 32.1. The number of hydrogen-bond donors (Lipinski definition) is 2. The molecule has 1 unspecified atom stereocenters. The molecule has 2 fully saturated rings. The molecule has 0 bridgehead atoms. The zero-order valence-corrected chi connectivity index (χ0v) is 20.9. The molecule has 0 radical (unpaired) electrons. The Morgan fingerprint density at radius 2 is 1.78 bits per heavy atom. The quantitative estimate of drug-likeness (QED) is 0.379. The molecule has 0 saturated carbocycles. The van der Waals surface area contributed by atoms with Gasteiger partial charge in [0, 0.05) is 48.3 Å². The molecule has 36 heavy (non-hydrogen) atoms. The number of nitrogens with one attached hydrogen (secondary N) is 2. The van der Waals surface area contributed by atoms with Gasteiger partial charge in [0.15, 0.2) is 0 Å². The van der Waals surface area contributed by atoms with Gasteiger partial charge >= 0.3 is 0 Å². The fourth-order valence-electron chi connectivity index (χ4n) is 5.33. The summed E-state index contributed by atoms with van der Waals surface area (Å²) in [4.78, 5) is 29.5. The maximum Gasteiger partial charge on any atom is 0.246 e. The van der Waals surface area contributed by atoms with Gasteiger partial charge in [-0.1, -0.05) is 12.1 Å². The smallest absolute Gasteiger partial charge is 0.246 e. The van der Waals surface area contributed by atoms with Gasteiger partial charge in [-0.3, -0.25) is 19.6 Å². The van der Waals surface area contributed by atoms with Crippen molar-refractivity contribution in [1.82, 2.24) is 15.1 Å². The zero-order valence-electron chi connectivity index (χ0n) is 20.1. The van der Waals surface area contributed by atoms with Gasteiger partial charge in [0.2, 0.25) is 5.91 Å². The molecule has 2 aliphatic rings. The number of aromatic amines is 1. The van der Waals surface area contributed by atoms with Crippen LogP contribution in [0.25, 0.3) is 22.2 Å². The van der Waals surface area contributed by atoms with Crippen molar-refractivity contribution in [3.8, 4) is 11.3 Å². The number of likely N-dealkylation sites (tertiary alicyclic amines) is 1. The maximum atomic E-state index is 13.4. The number of hydrogen-bond acceptors (Lipinski definition) is 6. The van der Waals surface area contributed by atoms with Crippen LogP contribution in [0.4, 0.5) is 11.4 Å². The van der Waals surface area contributed by atoms with Crippen LogP contribution >= 0.6 is 11.3 Å². The van der Waals surface area contributed by atoms with E-state index in [2.05, 4.69) is 61.0 Å². The number of Topliss-reactive ketones (excluding diaryl/α,β-unsaturated/α-hetero) is 1. The van der Waals surface area contributed by atoms with Gasteiger partial charge in [-0.05, 0) is 78.7 Å². The lowest BCUT2D eigenvalue weighted by atomic mass is 10.0. The third-order valence-corrected chi connectivity index (χ3v) is 7.97. The highest BCUT2D eigenvalue weighted by Gasteiger charge is 2.30. The largest absolute Gasteiger partial charge is 0.371 e. The summed E-state index contributed by atoms with van der Waals surface area (Å²) in [7, 11) is 0. The van der Waals surface area contributed by atoms with E-state index >= 15 is 0 Å². The van der Waals surface area contributed by atoms with Crippen LogP contribution in [0.5, 0.6) is 0 Å². The van der Waals surface area contributed by atoms with Crippen LogP contribution in [-0.4, -0.2) is 53.0 Å². The number of carbonyl (C=O) groups is 2. The standard InChI is InChI=1S/C28H29N5O2S/c34-23-9-14-32(15-10-23)22-6-3-19(4-7-22)26-24-17-21(5-8-25(24)30-31-26)29-28(35)27(20-11-16-36-18-20)33-12-1-2-13-33/h3-8,11,16-18,27H,1-2,9-10,12-15H2,(H,29,35)(H,30,31). The lowest BCUT2D eigenvalue weighted by molar-refractivity contribution is -0.121. The van der Waals surface area contributed by atoms with Crippen molar-refractivity contribution in [3.05, 3.63) is 64.9 Å². The number of thiophene rings is 1. The van der Waals surface area contributed by atoms with E-state index in [0.717, 1.165) is 78.1 Å². The minimum atomic E-state index is -0.268. The molecule has 2 aromatic carbocycles. The molecule has 2 N–H and O–H groups in total. The van der Waals surface area contributed by atoms with Crippen molar-refractivity contribution in [2.45, 2.75) is 31.7 Å². The van der Waals surface area contributed by atoms with Gasteiger partial charge in [-0.15, -0.1) is 0 Å². The topological polar surface area (TPSA) is 81.3 Å². The fraction of sp³-hybridized carbons (Fsp3) is 0.321. The number of H-pyrrole nitrogens is 1. The van der Waals surface area contributed by atoms with E-state index < -0.39 is 0 Å². The molecule has 0 spiro atoms. The molecule has 2 saturated heterocycles. The summed E-state index contributed by atoms with van der Waals surface area (Å²) in [5.41, 5.74) is 5.74. The van der Waals surface area contributed by atoms with Crippen molar-refractivity contribution < 1.29 is 9.59 Å². The minimum Gasteiger partial charge on any atom is -0.371 e. The molecule has 4 heterocycles. The summed E-state index contributed by atoms with van der Waals surface area (Å²) in [5, 5.41) is 15.9. The van der Waals surface area contributed by atoms with Crippen LogP contribution in [0, 0.1) is 0 Å². The predicted molar refractivity (Wildman–Crippen MR) is 144 cm³/mol. The number of piperidine rings is 1. The van der Waals surface area contributed by atoms with Crippen molar-refractivity contribution in [1.29, 1.82) is 0 Å². The van der Waals surface area contributed by atoms with Crippen LogP contribution in [0.2, 0.25) is 0 Å². The highest BCUT2D eigenvalue weighted by Crippen LogP contribution is 2.32. The molecule has 184 valence electrons. The molecule has 7 nitrogen and oxygen atoms in total. The third kappa shape index (κ3) is 4.54. The van der Waals surface area contributed by atoms with Gasteiger partial charge in [0.1, 0.15) is 11.8 Å². The third-order valence-electron chi connectivity index (χ3n) is 7.27. The van der Waals surface area contributed by atoms with E-state index in [-0.39, 0.29) is 11.9 Å². The Kier molecular flexibility index (Phi) is 6.29. The first kappa shape index (κ1) is 22.9. The Morgan fingerprint density at radius 3 is 2.50 bits per heavy atom. The summed E-state index contributed by atoms with van der Waals surface area (Å²) in [5.74, 6) is 0.347. The van der Waals surface area contributed by atoms with Crippen molar-refractivity contribution in [2.75, 3.05) is 36.4 Å². The van der Waals surface area contributed by atoms with E-state index in [4.69, 9.17) is 0 Å². The van der Waals surface area contributed by atoms with Gasteiger partial charge in [-0.2, -0.15) is 16.4 Å². The average molecular weight is 500 g/mol. The molecular formula is C28H29N5O2S. The lowest BCUT2D eigenvalue weighted by Crippen LogP contribution is -2.35. The first-order valence-electron chi connectivity index (χ1n) is 12.6. The number of benzene rings is 2. The number of carbonyl (C=O) groups excluding carboxylic acids is 2. The normalized spacial score (nSPS) is 17.6. The van der Waals surface area contributed by atoms with Gasteiger partial charge in [0.25, 0.3) is 0 Å². The number of aromatic nitrogens is 2. The molecule has 2 aliphatic heterocycles. The summed E-state index contributed by atoms with van der Waals surface area (Å²) in [6.45, 7) is 3.44. The van der Waals surface area contributed by atoms with Gasteiger partial charge in [-0.25, -0.2) is 0 Å². The SMILES string of the molecule is O=C1CCN(c2ccc(-c3n[nH]c4ccc(NC(=O)C(c5ccsc5)N5CCCC5)cc34)cc2)CC1. The van der Waals surface area contributed by atoms with Crippen LogP contribution < -0.4 is 10.2 Å². The Morgan fingerprint density at radius 1 is 1.00 bits per heavy atom. The summed E-state index contributed by atoms with van der Waals surface area (Å²) >= 11 is 1.63. The summed E-state index contributed by atoms with van der Waals surface area (Å²) < 4.78 is 0. The molecular weight excluding hydrogens is 470 g/mol. The van der Waals surface area contributed by atoms with Crippen LogP contribution in [0.3, 0.4) is 0 Å². The minimum absolute atomic E-state index is 0.00376. The molecule has 0 aliphatic carbocycles. The molecule has 8 heteroatoms. The molecule has 4 aromatic rings. The number of anilines is 2. The van der Waals surface area contributed by atoms with Crippen molar-refractivity contribution in [3.63, 3.8) is 0 Å². The average Bonchev–Trinajstić information content (AvgIpc) is 3.68. The number of nitrogens with zero attached hydrogens (tertiary/aromatic N) is 3. The number of fused-ring (bicyclic) bond motifs is 1. The fourth-order valence-corrected chi connectivity index (χ4v) is 6.00. The monoisotopic (exact) mass is 499 g/mol. The number of rotatable bonds is 6. The molecule has 1 atom stereocenters. The summed E-state index contributed by atoms with van der Waals surface area (Å²) in [6.07, 6.45) is 3.50. The van der Waals surface area contributed by atoms with Crippen molar-refractivity contribution in [2.24, 2.45) is 0 Å². The number of ketones is 1. The van der Waals surface area contributed by atoms with Crippen LogP contribution in [0.1, 0.15) is 37.3 Å². The van der Waals surface area contributed by atoms with E-state index in [9.17, 15) is 9.59 Å². The van der Waals surface area contributed by atoms with E-state index in [1.807, 2.05) is 23.6 Å². The Hall–Kier alpha value is -3.49. The first-order valence-corrected chi connectivity index (χ1v) is 13.5. The van der Waals surface area contributed by atoms with Gasteiger partial charge in [0.05, 0.1) is 11.2 Å². The summed E-state index contributed by atoms with van der Waals surface area (Å²) in [6, 6.07) is 16.0. The second-order valence-electron chi connectivity index (χ2n) is 9.60. The predicted octanol–water partition coefficient (Wildman–Crippen LogP) is 5.24. The van der Waals surface area contributed by atoms with E-state index in [0.29, 0.717) is 18.6 Å². The second-order valence-corrected chi connectivity index (χ2v) is 10.4. The van der Waals surface area contributed by atoms with E-state index in [1.54, 1.807) is 11.3 Å². The van der Waals surface area contributed by atoms with Gasteiger partial charge < -0.3 is 10.2 Å². The number of amides is 1. The molecule has 1 amide bonds. The van der Waals surface area contributed by atoms with Crippen LogP contribution in [-0.2, 0) is 9.59 Å². The highest BCUT2D eigenvalue weighted by molar-refractivity contribution is 7.08. The lowest BCUT2D eigenvalue weighted by Gasteiger charge is -2.28. The Labute approximate surface area is 214 Å². The van der Waals surface area contributed by atoms with Crippen molar-refractivity contribution >= 4 is 45.3 Å². The van der Waals surface area contributed by atoms with E-state index in [1.165, 1.54) is 0 Å². The zero-order chi connectivity index (χ0) is 24.5. The Balaban J connectivity index is 1.24. The van der Waals surface area contributed by atoms with Crippen LogP contribution in [0.15, 0.2) is 59.3 Å². The molecule has 6 rings (SSSR count).